The molecule has 1 aromatic carbocycles. The largest absolute Gasteiger partial charge is 0.316 e. The summed E-state index contributed by atoms with van der Waals surface area (Å²) in [5, 5.41) is 3.33. The Labute approximate surface area is 127 Å². The smallest absolute Gasteiger partial charge is 0.241 e. The zero-order valence-electron chi connectivity index (χ0n) is 13.0. The van der Waals surface area contributed by atoms with Crippen molar-refractivity contribution in [2.45, 2.75) is 38.3 Å². The van der Waals surface area contributed by atoms with Crippen LogP contribution in [0.2, 0.25) is 0 Å². The Morgan fingerprint density at radius 3 is 3.00 bits per heavy atom. The first kappa shape index (κ1) is 14.5. The van der Waals surface area contributed by atoms with Gasteiger partial charge >= 0.3 is 0 Å². The minimum atomic E-state index is 0.240. The van der Waals surface area contributed by atoms with Gasteiger partial charge in [0.1, 0.15) is 0 Å². The average molecular weight is 287 g/mol. The molecular formula is C17H25N3O. The van der Waals surface area contributed by atoms with Crippen LogP contribution in [-0.2, 0) is 11.2 Å². The maximum absolute atomic E-state index is 12.7. The minimum absolute atomic E-state index is 0.240. The van der Waals surface area contributed by atoms with Crippen molar-refractivity contribution in [2.24, 2.45) is 0 Å². The molecule has 0 radical (unpaired) electrons. The van der Waals surface area contributed by atoms with E-state index in [0.717, 1.165) is 25.2 Å². The Morgan fingerprint density at radius 1 is 1.38 bits per heavy atom. The van der Waals surface area contributed by atoms with Crippen molar-refractivity contribution in [3.05, 3.63) is 29.8 Å². The molecule has 4 heteroatoms. The molecule has 0 spiro atoms. The van der Waals surface area contributed by atoms with Crippen LogP contribution in [-0.4, -0.2) is 49.6 Å². The van der Waals surface area contributed by atoms with E-state index in [1.54, 1.807) is 0 Å². The number of amides is 1. The van der Waals surface area contributed by atoms with Gasteiger partial charge in [-0.25, -0.2) is 0 Å². The van der Waals surface area contributed by atoms with Gasteiger partial charge in [-0.1, -0.05) is 18.2 Å². The van der Waals surface area contributed by atoms with E-state index in [0.29, 0.717) is 12.6 Å². The molecule has 2 aliphatic rings. The summed E-state index contributed by atoms with van der Waals surface area (Å²) >= 11 is 0. The monoisotopic (exact) mass is 287 g/mol. The van der Waals surface area contributed by atoms with E-state index in [4.69, 9.17) is 0 Å². The van der Waals surface area contributed by atoms with Crippen LogP contribution >= 0.6 is 0 Å². The van der Waals surface area contributed by atoms with Gasteiger partial charge in [0.15, 0.2) is 0 Å². The van der Waals surface area contributed by atoms with E-state index in [-0.39, 0.29) is 11.9 Å². The number of hydrogen-bond acceptors (Lipinski definition) is 3. The number of carbonyl (C=O) groups excluding carboxylic acids is 1. The third-order valence-electron chi connectivity index (χ3n) is 4.75. The van der Waals surface area contributed by atoms with Crippen LogP contribution in [0, 0.1) is 0 Å². The predicted molar refractivity (Wildman–Crippen MR) is 85.6 cm³/mol. The van der Waals surface area contributed by atoms with E-state index in [1.165, 1.54) is 18.4 Å². The zero-order chi connectivity index (χ0) is 14.8. The van der Waals surface area contributed by atoms with Crippen LogP contribution in [0.4, 0.5) is 5.69 Å². The van der Waals surface area contributed by atoms with Gasteiger partial charge in [0.05, 0.1) is 6.54 Å². The van der Waals surface area contributed by atoms with E-state index < -0.39 is 0 Å². The summed E-state index contributed by atoms with van der Waals surface area (Å²) in [5.74, 6) is 0.240. The van der Waals surface area contributed by atoms with Crippen molar-refractivity contribution >= 4 is 11.6 Å². The highest BCUT2D eigenvalue weighted by molar-refractivity contribution is 5.97. The van der Waals surface area contributed by atoms with Crippen LogP contribution in [0.5, 0.6) is 0 Å². The molecule has 2 aliphatic heterocycles. The van der Waals surface area contributed by atoms with E-state index >= 15 is 0 Å². The Hall–Kier alpha value is -1.39. The highest BCUT2D eigenvalue weighted by Crippen LogP contribution is 2.31. The highest BCUT2D eigenvalue weighted by Gasteiger charge is 2.32. The summed E-state index contributed by atoms with van der Waals surface area (Å²) < 4.78 is 0. The normalized spacial score (nSPS) is 25.9. The van der Waals surface area contributed by atoms with Crippen molar-refractivity contribution in [3.8, 4) is 0 Å². The number of anilines is 1. The fraction of sp³-hybridized carbons (Fsp3) is 0.588. The fourth-order valence-electron chi connectivity index (χ4n) is 3.65. The van der Waals surface area contributed by atoms with Crippen molar-refractivity contribution in [3.63, 3.8) is 0 Å². The molecule has 2 heterocycles. The second kappa shape index (κ2) is 6.16. The van der Waals surface area contributed by atoms with Gasteiger partial charge in [-0.15, -0.1) is 0 Å². The van der Waals surface area contributed by atoms with Crippen LogP contribution in [0.25, 0.3) is 0 Å². The lowest BCUT2D eigenvalue weighted by atomic mass is 10.1. The Balaban J connectivity index is 1.68. The second-order valence-electron chi connectivity index (χ2n) is 6.31. The maximum atomic E-state index is 12.7. The number of piperidine rings is 1. The molecule has 0 bridgehead atoms. The molecule has 0 saturated carbocycles. The molecule has 1 amide bonds. The molecule has 1 fully saturated rings. The summed E-state index contributed by atoms with van der Waals surface area (Å²) in [6.07, 6.45) is 3.36. The van der Waals surface area contributed by atoms with Gasteiger partial charge in [0.25, 0.3) is 0 Å². The molecule has 1 N–H and O–H groups in total. The molecule has 0 aromatic heterocycles. The summed E-state index contributed by atoms with van der Waals surface area (Å²) in [6.45, 7) is 4.70. The van der Waals surface area contributed by atoms with Crippen LogP contribution in [0.3, 0.4) is 0 Å². The minimum Gasteiger partial charge on any atom is -0.316 e. The number of carbonyl (C=O) groups is 1. The molecule has 114 valence electrons. The first-order chi connectivity index (χ1) is 10.2. The lowest BCUT2D eigenvalue weighted by Gasteiger charge is -2.33. The molecule has 0 aliphatic carbocycles. The van der Waals surface area contributed by atoms with E-state index in [2.05, 4.69) is 35.3 Å². The number of benzene rings is 1. The van der Waals surface area contributed by atoms with Crippen LogP contribution in [0.15, 0.2) is 24.3 Å². The SMILES string of the molecule is CNC1CCCN(CC(=O)N2c3ccccc3CC2C)C1. The maximum Gasteiger partial charge on any atom is 0.241 e. The quantitative estimate of drug-likeness (QED) is 0.918. The average Bonchev–Trinajstić information content (AvgIpc) is 2.83. The molecule has 2 atom stereocenters. The van der Waals surface area contributed by atoms with Gasteiger partial charge in [-0.3, -0.25) is 9.69 Å². The molecule has 1 saturated heterocycles. The molecular weight excluding hydrogens is 262 g/mol. The van der Waals surface area contributed by atoms with Crippen LogP contribution in [0.1, 0.15) is 25.3 Å². The van der Waals surface area contributed by atoms with Crippen molar-refractivity contribution in [1.29, 1.82) is 0 Å². The summed E-state index contributed by atoms with van der Waals surface area (Å²) in [6, 6.07) is 9.09. The molecule has 4 nitrogen and oxygen atoms in total. The zero-order valence-corrected chi connectivity index (χ0v) is 13.0. The van der Waals surface area contributed by atoms with E-state index in [1.807, 2.05) is 18.0 Å². The molecule has 21 heavy (non-hydrogen) atoms. The topological polar surface area (TPSA) is 35.6 Å². The first-order valence-electron chi connectivity index (χ1n) is 7.98. The third-order valence-corrected chi connectivity index (χ3v) is 4.75. The summed E-state index contributed by atoms with van der Waals surface area (Å²) in [4.78, 5) is 17.0. The van der Waals surface area contributed by atoms with E-state index in [9.17, 15) is 4.79 Å². The lowest BCUT2D eigenvalue weighted by Crippen LogP contribution is -2.49. The number of nitrogens with one attached hydrogen (secondary N) is 1. The Bertz CT molecular complexity index is 517. The number of para-hydroxylation sites is 1. The molecule has 1 aromatic rings. The number of likely N-dealkylation sites (N-methyl/N-ethyl adjacent to an activating group) is 1. The number of hydrogen-bond donors (Lipinski definition) is 1. The van der Waals surface area contributed by atoms with Crippen LogP contribution < -0.4 is 10.2 Å². The second-order valence-corrected chi connectivity index (χ2v) is 6.31. The number of nitrogens with zero attached hydrogens (tertiary/aromatic N) is 2. The van der Waals surface area contributed by atoms with Crippen molar-refractivity contribution < 1.29 is 4.79 Å². The number of rotatable bonds is 3. The Kier molecular flexibility index (Phi) is 4.27. The third kappa shape index (κ3) is 2.97. The highest BCUT2D eigenvalue weighted by atomic mass is 16.2. The fourth-order valence-corrected chi connectivity index (χ4v) is 3.65. The predicted octanol–water partition coefficient (Wildman–Crippen LogP) is 1.65. The molecule has 2 unspecified atom stereocenters. The van der Waals surface area contributed by atoms with Gasteiger partial charge in [-0.2, -0.15) is 0 Å². The van der Waals surface area contributed by atoms with Crippen molar-refractivity contribution in [1.82, 2.24) is 10.2 Å². The summed E-state index contributed by atoms with van der Waals surface area (Å²) in [5.41, 5.74) is 2.40. The first-order valence-corrected chi connectivity index (χ1v) is 7.98. The standard InChI is InChI=1S/C17H25N3O/c1-13-10-14-6-3-4-8-16(14)20(13)17(21)12-19-9-5-7-15(11-19)18-2/h3-4,6,8,13,15,18H,5,7,9-12H2,1-2H3. The summed E-state index contributed by atoms with van der Waals surface area (Å²) in [7, 11) is 2.01. The van der Waals surface area contributed by atoms with Gasteiger partial charge in [0, 0.05) is 24.3 Å². The number of fused-ring (bicyclic) bond motifs is 1. The number of likely N-dealkylation sites (tertiary alicyclic amines) is 1. The Morgan fingerprint density at radius 2 is 2.19 bits per heavy atom. The molecule has 3 rings (SSSR count). The van der Waals surface area contributed by atoms with Crippen molar-refractivity contribution in [2.75, 3.05) is 31.6 Å². The van der Waals surface area contributed by atoms with Gasteiger partial charge in [-0.05, 0) is 51.4 Å². The lowest BCUT2D eigenvalue weighted by molar-refractivity contribution is -0.120. The van der Waals surface area contributed by atoms with Gasteiger partial charge in [0.2, 0.25) is 5.91 Å². The van der Waals surface area contributed by atoms with Gasteiger partial charge < -0.3 is 10.2 Å².